The molecule has 7 heteroatoms. The van der Waals surface area contributed by atoms with Gasteiger partial charge in [-0.25, -0.2) is 4.79 Å². The van der Waals surface area contributed by atoms with Gasteiger partial charge in [-0.3, -0.25) is 4.79 Å². The first-order valence-corrected chi connectivity index (χ1v) is 8.26. The minimum atomic E-state index is -1.05. The molecule has 0 atom stereocenters. The number of H-pyrrole nitrogens is 1. The molecule has 0 aliphatic heterocycles. The molecule has 0 saturated carbocycles. The van der Waals surface area contributed by atoms with E-state index in [0.717, 1.165) is 16.3 Å². The van der Waals surface area contributed by atoms with Crippen molar-refractivity contribution in [2.24, 2.45) is 5.73 Å². The van der Waals surface area contributed by atoms with Crippen LogP contribution < -0.4 is 5.73 Å². The van der Waals surface area contributed by atoms with E-state index in [9.17, 15) is 14.7 Å². The first kappa shape index (κ1) is 18.3. The summed E-state index contributed by atoms with van der Waals surface area (Å²) in [5.41, 5.74) is 6.98. The van der Waals surface area contributed by atoms with Crippen LogP contribution in [0.5, 0.6) is 5.75 Å². The van der Waals surface area contributed by atoms with Crippen molar-refractivity contribution in [1.29, 1.82) is 0 Å². The summed E-state index contributed by atoms with van der Waals surface area (Å²) in [6, 6.07) is 16.8. The van der Waals surface area contributed by atoms with Crippen LogP contribution in [-0.2, 0) is 0 Å². The number of hydrogen-bond donors (Lipinski definition) is 4. The fraction of sp³-hybridized carbons (Fsp3) is 0. The number of amides is 1. The number of rotatable bonds is 2. The van der Waals surface area contributed by atoms with Crippen LogP contribution in [0.25, 0.3) is 21.8 Å². The summed E-state index contributed by atoms with van der Waals surface area (Å²) in [4.78, 5) is 24.5. The molecular formula is C20H15ClN2O4. The molecule has 0 saturated heterocycles. The number of carbonyl (C=O) groups is 2. The van der Waals surface area contributed by atoms with Gasteiger partial charge in [0.05, 0.1) is 11.1 Å². The lowest BCUT2D eigenvalue weighted by Gasteiger charge is -1.98. The lowest BCUT2D eigenvalue weighted by Crippen LogP contribution is -2.10. The number of para-hydroxylation sites is 1. The van der Waals surface area contributed by atoms with Crippen LogP contribution >= 0.6 is 11.6 Å². The highest BCUT2D eigenvalue weighted by Gasteiger charge is 2.12. The Bertz CT molecular complexity index is 1150. The van der Waals surface area contributed by atoms with E-state index in [2.05, 4.69) is 4.98 Å². The number of nitrogens with two attached hydrogens (primary N) is 1. The number of nitrogens with one attached hydrogen (secondary N) is 1. The molecule has 27 heavy (non-hydrogen) atoms. The van der Waals surface area contributed by atoms with Crippen LogP contribution in [0.2, 0.25) is 5.02 Å². The third-order valence-electron chi connectivity index (χ3n) is 3.97. The van der Waals surface area contributed by atoms with Gasteiger partial charge in [0.15, 0.2) is 0 Å². The van der Waals surface area contributed by atoms with E-state index in [-0.39, 0.29) is 11.3 Å². The topological polar surface area (TPSA) is 116 Å². The smallest absolute Gasteiger partial charge is 0.335 e. The number of fused-ring (bicyclic) bond motifs is 3. The largest absolute Gasteiger partial charge is 0.506 e. The number of phenolic OH excluding ortho intramolecular Hbond substituents is 1. The maximum absolute atomic E-state index is 10.9. The number of aromatic carboxylic acids is 1. The van der Waals surface area contributed by atoms with E-state index in [1.54, 1.807) is 30.3 Å². The molecule has 0 fully saturated rings. The quantitative estimate of drug-likeness (QED) is 0.416. The number of benzene rings is 3. The fourth-order valence-electron chi connectivity index (χ4n) is 2.67. The number of aromatic nitrogens is 1. The van der Waals surface area contributed by atoms with Crippen LogP contribution in [0.4, 0.5) is 0 Å². The zero-order valence-corrected chi connectivity index (χ0v) is 14.7. The summed E-state index contributed by atoms with van der Waals surface area (Å²) in [5.74, 6) is -1.53. The highest BCUT2D eigenvalue weighted by molar-refractivity contribution is 6.30. The lowest BCUT2D eigenvalue weighted by molar-refractivity contribution is 0.0696. The molecule has 0 spiro atoms. The van der Waals surface area contributed by atoms with Gasteiger partial charge in [0.2, 0.25) is 5.91 Å². The SMILES string of the molecule is NC(=O)c1ccc(Cl)cc1.O=C(O)c1cc(O)c2[nH]c3ccccc3c2c1. The zero-order valence-electron chi connectivity index (χ0n) is 13.9. The van der Waals surface area contributed by atoms with Crippen molar-refractivity contribution in [2.75, 3.05) is 0 Å². The van der Waals surface area contributed by atoms with Crippen LogP contribution in [0.3, 0.4) is 0 Å². The fourth-order valence-corrected chi connectivity index (χ4v) is 2.80. The van der Waals surface area contributed by atoms with Crippen LogP contribution in [-0.4, -0.2) is 27.1 Å². The predicted molar refractivity (Wildman–Crippen MR) is 104 cm³/mol. The maximum Gasteiger partial charge on any atom is 0.335 e. The Balaban J connectivity index is 0.000000180. The number of aromatic amines is 1. The van der Waals surface area contributed by atoms with Crippen molar-refractivity contribution < 1.29 is 19.8 Å². The number of primary amides is 1. The highest BCUT2D eigenvalue weighted by atomic mass is 35.5. The van der Waals surface area contributed by atoms with E-state index in [1.807, 2.05) is 24.3 Å². The van der Waals surface area contributed by atoms with Gasteiger partial charge < -0.3 is 20.9 Å². The first-order valence-electron chi connectivity index (χ1n) is 7.89. The molecule has 5 N–H and O–H groups in total. The standard InChI is InChI=1S/C13H9NO3.C7H6ClNO/c15-11-6-7(13(16)17)5-9-8-3-1-2-4-10(8)14-12(9)11;8-6-3-1-5(2-4-6)7(9)10/h1-6,14-15H,(H,16,17);1-4H,(H2,9,10). The number of aromatic hydroxyl groups is 1. The number of carbonyl (C=O) groups excluding carboxylic acids is 1. The Kier molecular flexibility index (Phi) is 5.00. The molecule has 4 rings (SSSR count). The second kappa shape index (κ2) is 7.39. The van der Waals surface area contributed by atoms with Crippen molar-refractivity contribution in [3.05, 3.63) is 76.8 Å². The molecule has 6 nitrogen and oxygen atoms in total. The number of halogens is 1. The van der Waals surface area contributed by atoms with E-state index in [4.69, 9.17) is 22.4 Å². The normalized spacial score (nSPS) is 10.4. The lowest BCUT2D eigenvalue weighted by atomic mass is 10.1. The predicted octanol–water partition coefficient (Wildman–Crippen LogP) is 4.16. The van der Waals surface area contributed by atoms with Gasteiger partial charge in [-0.05, 0) is 42.5 Å². The molecule has 0 bridgehead atoms. The third kappa shape index (κ3) is 3.86. The number of carboxylic acid groups (broad SMARTS) is 1. The molecular weight excluding hydrogens is 368 g/mol. The summed E-state index contributed by atoms with van der Waals surface area (Å²) < 4.78 is 0. The average molecular weight is 383 g/mol. The van der Waals surface area contributed by atoms with Gasteiger partial charge in [0.25, 0.3) is 0 Å². The molecule has 0 aliphatic carbocycles. The van der Waals surface area contributed by atoms with Crippen molar-refractivity contribution in [2.45, 2.75) is 0 Å². The average Bonchev–Trinajstić information content (AvgIpc) is 3.02. The summed E-state index contributed by atoms with van der Waals surface area (Å²) in [7, 11) is 0. The summed E-state index contributed by atoms with van der Waals surface area (Å²) in [6.07, 6.45) is 0. The number of carboxylic acids is 1. The van der Waals surface area contributed by atoms with Gasteiger partial charge in [0, 0.05) is 26.9 Å². The van der Waals surface area contributed by atoms with Crippen LogP contribution in [0.1, 0.15) is 20.7 Å². The minimum Gasteiger partial charge on any atom is -0.506 e. The Morgan fingerprint density at radius 2 is 1.59 bits per heavy atom. The van der Waals surface area contributed by atoms with Crippen molar-refractivity contribution in [3.8, 4) is 5.75 Å². The van der Waals surface area contributed by atoms with Gasteiger partial charge in [-0.2, -0.15) is 0 Å². The Morgan fingerprint density at radius 3 is 2.22 bits per heavy atom. The molecule has 3 aromatic carbocycles. The second-order valence-electron chi connectivity index (χ2n) is 5.76. The minimum absolute atomic E-state index is 0.0453. The van der Waals surface area contributed by atoms with E-state index in [1.165, 1.54) is 6.07 Å². The molecule has 136 valence electrons. The molecule has 0 unspecified atom stereocenters. The Hall–Kier alpha value is -3.51. The molecule has 0 radical (unpaired) electrons. The van der Waals surface area contributed by atoms with Crippen molar-refractivity contribution in [3.63, 3.8) is 0 Å². The van der Waals surface area contributed by atoms with E-state index in [0.29, 0.717) is 16.1 Å². The maximum atomic E-state index is 10.9. The van der Waals surface area contributed by atoms with E-state index < -0.39 is 11.9 Å². The molecule has 0 aliphatic rings. The summed E-state index contributed by atoms with van der Waals surface area (Å²) in [6.45, 7) is 0. The zero-order chi connectivity index (χ0) is 19.6. The van der Waals surface area contributed by atoms with Gasteiger partial charge in [-0.15, -0.1) is 0 Å². The van der Waals surface area contributed by atoms with Gasteiger partial charge >= 0.3 is 5.97 Å². The third-order valence-corrected chi connectivity index (χ3v) is 4.22. The summed E-state index contributed by atoms with van der Waals surface area (Å²) in [5, 5.41) is 21.0. The van der Waals surface area contributed by atoms with Crippen molar-refractivity contribution in [1.82, 2.24) is 4.98 Å². The first-order chi connectivity index (χ1) is 12.9. The monoisotopic (exact) mass is 382 g/mol. The Labute approximate surface area is 158 Å². The van der Waals surface area contributed by atoms with Gasteiger partial charge in [-0.1, -0.05) is 29.8 Å². The molecule has 1 amide bonds. The number of phenols is 1. The van der Waals surface area contributed by atoms with E-state index >= 15 is 0 Å². The van der Waals surface area contributed by atoms with Gasteiger partial charge in [0.1, 0.15) is 5.75 Å². The van der Waals surface area contributed by atoms with Crippen molar-refractivity contribution >= 4 is 45.3 Å². The highest BCUT2D eigenvalue weighted by Crippen LogP contribution is 2.32. The molecule has 1 heterocycles. The van der Waals surface area contributed by atoms with Crippen LogP contribution in [0.15, 0.2) is 60.7 Å². The Morgan fingerprint density at radius 1 is 0.926 bits per heavy atom. The molecule has 1 aromatic heterocycles. The number of hydrogen-bond acceptors (Lipinski definition) is 3. The summed E-state index contributed by atoms with van der Waals surface area (Å²) >= 11 is 5.56. The second-order valence-corrected chi connectivity index (χ2v) is 6.20. The molecule has 4 aromatic rings. The van der Waals surface area contributed by atoms with Crippen LogP contribution in [0, 0.1) is 0 Å².